The molecule has 0 saturated heterocycles. The molecule has 0 fully saturated rings. The van der Waals surface area contributed by atoms with E-state index in [0.29, 0.717) is 0 Å². The molecule has 0 radical (unpaired) electrons. The van der Waals surface area contributed by atoms with Gasteiger partial charge in [-0.2, -0.15) is 10.5 Å². The Bertz CT molecular complexity index is 292. The third-order valence-corrected chi connectivity index (χ3v) is 1.09. The average molecular weight is 164 g/mol. The molecule has 0 bridgehead atoms. The summed E-state index contributed by atoms with van der Waals surface area (Å²) < 4.78 is 0. The number of carbonyl (C=O) groups excluding carboxylic acids is 1. The van der Waals surface area contributed by atoms with Gasteiger partial charge in [-0.15, -0.1) is 0 Å². The molecule has 0 unspecified atom stereocenters. The second-order valence-corrected chi connectivity index (χ2v) is 1.91. The summed E-state index contributed by atoms with van der Waals surface area (Å²) in [5.74, 6) is -0.343. The summed E-state index contributed by atoms with van der Waals surface area (Å²) in [7, 11) is 0. The summed E-state index contributed by atoms with van der Waals surface area (Å²) in [5, 5.41) is 18.9. The molecule has 5 heteroatoms. The molecule has 0 aromatic rings. The number of rotatable bonds is 2. The molecule has 0 rings (SSSR count). The monoisotopic (exact) mass is 164 g/mol. The molecular weight excluding hydrogens is 156 g/mol. The number of nitrogens with two attached hydrogens (primary N) is 1. The quantitative estimate of drug-likeness (QED) is 0.548. The summed E-state index contributed by atoms with van der Waals surface area (Å²) in [5.41, 5.74) is 4.64. The molecule has 0 aliphatic heterocycles. The number of hydrogen-bond donors (Lipinski definition) is 2. The third-order valence-electron chi connectivity index (χ3n) is 1.09. The van der Waals surface area contributed by atoms with Crippen LogP contribution in [0.3, 0.4) is 0 Å². The topological polar surface area (TPSA) is 103 Å². The Kier molecular flexibility index (Phi) is 3.96. The lowest BCUT2D eigenvalue weighted by atomic mass is 10.3. The van der Waals surface area contributed by atoms with Gasteiger partial charge in [-0.25, -0.2) is 0 Å². The minimum atomic E-state index is -0.343. The van der Waals surface area contributed by atoms with E-state index in [-0.39, 0.29) is 23.7 Å². The van der Waals surface area contributed by atoms with Gasteiger partial charge in [-0.1, -0.05) is 6.92 Å². The van der Waals surface area contributed by atoms with Crippen LogP contribution in [0.1, 0.15) is 13.3 Å². The van der Waals surface area contributed by atoms with Crippen molar-refractivity contribution < 1.29 is 4.79 Å². The second kappa shape index (κ2) is 4.75. The van der Waals surface area contributed by atoms with Crippen LogP contribution in [0.2, 0.25) is 0 Å². The molecular formula is C7H8N4O. The predicted octanol–water partition coefficient (Wildman–Crippen LogP) is -0.270. The van der Waals surface area contributed by atoms with Crippen LogP contribution in [-0.2, 0) is 4.79 Å². The molecule has 0 aromatic carbocycles. The van der Waals surface area contributed by atoms with Crippen LogP contribution in [-0.4, -0.2) is 5.91 Å². The van der Waals surface area contributed by atoms with Gasteiger partial charge < -0.3 is 11.1 Å². The van der Waals surface area contributed by atoms with Gasteiger partial charge in [0, 0.05) is 6.42 Å². The molecule has 12 heavy (non-hydrogen) atoms. The molecule has 0 spiro atoms. The molecule has 1 amide bonds. The number of allylic oxidation sites excluding steroid dienone is 2. The first kappa shape index (κ1) is 9.99. The fourth-order valence-electron chi connectivity index (χ4n) is 0.439. The van der Waals surface area contributed by atoms with E-state index in [0.717, 1.165) is 0 Å². The smallest absolute Gasteiger partial charge is 0.224 e. The lowest BCUT2D eigenvalue weighted by Crippen LogP contribution is -2.23. The maximum atomic E-state index is 10.7. The van der Waals surface area contributed by atoms with Crippen molar-refractivity contribution in [1.29, 1.82) is 10.5 Å². The first-order valence-electron chi connectivity index (χ1n) is 3.25. The van der Waals surface area contributed by atoms with E-state index in [2.05, 4.69) is 5.32 Å². The highest BCUT2D eigenvalue weighted by Gasteiger charge is 2.04. The zero-order valence-corrected chi connectivity index (χ0v) is 6.59. The van der Waals surface area contributed by atoms with Crippen LogP contribution in [0.15, 0.2) is 11.4 Å². The Hall–Kier alpha value is -2.01. The van der Waals surface area contributed by atoms with Crippen molar-refractivity contribution >= 4 is 5.91 Å². The maximum Gasteiger partial charge on any atom is 0.224 e. The fraction of sp³-hybridized carbons (Fsp3) is 0.286. The number of carbonyl (C=O) groups is 1. The van der Waals surface area contributed by atoms with Crippen molar-refractivity contribution in [3.8, 4) is 12.1 Å². The average Bonchev–Trinajstić information content (AvgIpc) is 2.12. The molecule has 0 heterocycles. The van der Waals surface area contributed by atoms with Crippen LogP contribution in [0.25, 0.3) is 0 Å². The SMILES string of the molecule is CCC(=O)N/C(C#N)=C(\N)C#N. The highest BCUT2D eigenvalue weighted by atomic mass is 16.1. The fourth-order valence-corrected chi connectivity index (χ4v) is 0.439. The first-order valence-corrected chi connectivity index (χ1v) is 3.25. The molecule has 5 nitrogen and oxygen atoms in total. The van der Waals surface area contributed by atoms with Gasteiger partial charge in [-0.3, -0.25) is 4.79 Å². The number of nitrogens with zero attached hydrogens (tertiary/aromatic N) is 2. The largest absolute Gasteiger partial charge is 0.388 e. The minimum Gasteiger partial charge on any atom is -0.388 e. The Balaban J connectivity index is 4.55. The molecule has 0 aliphatic carbocycles. The van der Waals surface area contributed by atoms with Crippen molar-refractivity contribution in [2.75, 3.05) is 0 Å². The van der Waals surface area contributed by atoms with E-state index in [1.807, 2.05) is 0 Å². The lowest BCUT2D eigenvalue weighted by molar-refractivity contribution is -0.120. The summed E-state index contributed by atoms with van der Waals surface area (Å²) in [6, 6.07) is 3.18. The van der Waals surface area contributed by atoms with Gasteiger partial charge in [0.25, 0.3) is 0 Å². The van der Waals surface area contributed by atoms with E-state index >= 15 is 0 Å². The molecule has 62 valence electrons. The van der Waals surface area contributed by atoms with Gasteiger partial charge in [0.2, 0.25) is 5.91 Å². The normalized spacial score (nSPS) is 10.6. The third kappa shape index (κ3) is 2.72. The van der Waals surface area contributed by atoms with Crippen LogP contribution in [0, 0.1) is 22.7 Å². The maximum absolute atomic E-state index is 10.7. The summed E-state index contributed by atoms with van der Waals surface area (Å²) in [4.78, 5) is 10.7. The first-order chi connectivity index (χ1) is 5.65. The van der Waals surface area contributed by atoms with Crippen molar-refractivity contribution in [2.24, 2.45) is 5.73 Å². The number of nitriles is 2. The van der Waals surface area contributed by atoms with Gasteiger partial charge >= 0.3 is 0 Å². The Morgan fingerprint density at radius 1 is 1.50 bits per heavy atom. The Labute approximate surface area is 70.1 Å². The van der Waals surface area contributed by atoms with Crippen molar-refractivity contribution in [2.45, 2.75) is 13.3 Å². The van der Waals surface area contributed by atoms with E-state index < -0.39 is 0 Å². The zero-order chi connectivity index (χ0) is 9.56. The number of amides is 1. The Morgan fingerprint density at radius 3 is 2.42 bits per heavy atom. The molecule has 0 aromatic heterocycles. The van der Waals surface area contributed by atoms with Crippen molar-refractivity contribution in [1.82, 2.24) is 5.32 Å². The van der Waals surface area contributed by atoms with Gasteiger partial charge in [0.15, 0.2) is 5.70 Å². The summed E-state index contributed by atoms with van der Waals surface area (Å²) >= 11 is 0. The van der Waals surface area contributed by atoms with Gasteiger partial charge in [0.1, 0.15) is 17.8 Å². The van der Waals surface area contributed by atoms with E-state index in [1.54, 1.807) is 19.1 Å². The highest BCUT2D eigenvalue weighted by Crippen LogP contribution is 1.92. The number of hydrogen-bond acceptors (Lipinski definition) is 4. The molecule has 0 atom stereocenters. The second-order valence-electron chi connectivity index (χ2n) is 1.91. The zero-order valence-electron chi connectivity index (χ0n) is 6.59. The van der Waals surface area contributed by atoms with Gasteiger partial charge in [0.05, 0.1) is 0 Å². The predicted molar refractivity (Wildman–Crippen MR) is 40.9 cm³/mol. The Morgan fingerprint density at radius 2 is 2.08 bits per heavy atom. The van der Waals surface area contributed by atoms with Crippen LogP contribution >= 0.6 is 0 Å². The summed E-state index contributed by atoms with van der Waals surface area (Å²) in [6.07, 6.45) is 0.240. The van der Waals surface area contributed by atoms with E-state index in [4.69, 9.17) is 16.3 Å². The number of nitrogens with one attached hydrogen (secondary N) is 1. The van der Waals surface area contributed by atoms with Crippen LogP contribution in [0.5, 0.6) is 0 Å². The van der Waals surface area contributed by atoms with Crippen LogP contribution < -0.4 is 11.1 Å². The van der Waals surface area contributed by atoms with Crippen molar-refractivity contribution in [3.05, 3.63) is 11.4 Å². The standard InChI is InChI=1S/C7H8N4O/c1-2-7(12)11-6(4-9)5(10)3-8/h2,10H2,1H3,(H,11,12)/b6-5-. The lowest BCUT2D eigenvalue weighted by Gasteiger charge is -1.99. The van der Waals surface area contributed by atoms with E-state index in [9.17, 15) is 4.79 Å². The molecule has 0 aliphatic rings. The minimum absolute atomic E-state index is 0.190. The van der Waals surface area contributed by atoms with Crippen LogP contribution in [0.4, 0.5) is 0 Å². The molecule has 0 saturated carbocycles. The highest BCUT2D eigenvalue weighted by molar-refractivity contribution is 5.78. The molecule has 3 N–H and O–H groups in total. The summed E-state index contributed by atoms with van der Waals surface area (Å²) in [6.45, 7) is 1.63. The van der Waals surface area contributed by atoms with E-state index in [1.165, 1.54) is 0 Å². The van der Waals surface area contributed by atoms with Gasteiger partial charge in [-0.05, 0) is 0 Å². The van der Waals surface area contributed by atoms with Crippen molar-refractivity contribution in [3.63, 3.8) is 0 Å².